The van der Waals surface area contributed by atoms with Crippen molar-refractivity contribution in [2.24, 2.45) is 0 Å². The summed E-state index contributed by atoms with van der Waals surface area (Å²) in [5, 5.41) is 0. The smallest absolute Gasteiger partial charge is 0.129 e. The quantitative estimate of drug-likeness (QED) is 0.710. The Morgan fingerprint density at radius 2 is 2.25 bits per heavy atom. The lowest BCUT2D eigenvalue weighted by Gasteiger charge is -2.03. The van der Waals surface area contributed by atoms with Crippen molar-refractivity contribution in [1.82, 2.24) is 0 Å². The monoisotopic (exact) mass is 218 g/mol. The van der Waals surface area contributed by atoms with Gasteiger partial charge in [-0.2, -0.15) is 0 Å². The van der Waals surface area contributed by atoms with Crippen LogP contribution in [0.3, 0.4) is 0 Å². The summed E-state index contributed by atoms with van der Waals surface area (Å²) < 4.78 is 5.47. The second-order valence-electron chi connectivity index (χ2n) is 4.45. The second-order valence-corrected chi connectivity index (χ2v) is 4.45. The van der Waals surface area contributed by atoms with Gasteiger partial charge in [0.05, 0.1) is 6.61 Å². The van der Waals surface area contributed by atoms with Crippen LogP contribution in [0, 0.1) is 0 Å². The molecule has 0 amide bonds. The van der Waals surface area contributed by atoms with Crippen molar-refractivity contribution in [1.29, 1.82) is 0 Å². The zero-order valence-corrected chi connectivity index (χ0v) is 9.79. The third kappa shape index (κ3) is 2.84. The topological polar surface area (TPSA) is 26.3 Å². The third-order valence-corrected chi connectivity index (χ3v) is 3.00. The third-order valence-electron chi connectivity index (χ3n) is 3.00. The predicted octanol–water partition coefficient (Wildman–Crippen LogP) is 2.92. The highest BCUT2D eigenvalue weighted by atomic mass is 16.5. The predicted molar refractivity (Wildman–Crippen MR) is 63.9 cm³/mol. The number of aryl methyl sites for hydroxylation is 1. The van der Waals surface area contributed by atoms with Gasteiger partial charge in [0.25, 0.3) is 0 Å². The van der Waals surface area contributed by atoms with Crippen molar-refractivity contribution in [2.75, 3.05) is 6.61 Å². The zero-order valence-electron chi connectivity index (χ0n) is 9.79. The number of Topliss-reactive ketones (excluding diaryl/α,β-unsaturated/α-hetero) is 1. The van der Waals surface area contributed by atoms with Gasteiger partial charge in [-0.25, -0.2) is 0 Å². The summed E-state index contributed by atoms with van der Waals surface area (Å²) in [4.78, 5) is 10.8. The van der Waals surface area contributed by atoms with Gasteiger partial charge in [-0.3, -0.25) is 0 Å². The van der Waals surface area contributed by atoms with Crippen molar-refractivity contribution in [3.05, 3.63) is 29.3 Å². The lowest BCUT2D eigenvalue weighted by molar-refractivity contribution is -0.117. The van der Waals surface area contributed by atoms with Crippen molar-refractivity contribution >= 4 is 5.78 Å². The van der Waals surface area contributed by atoms with E-state index in [0.29, 0.717) is 12.2 Å². The van der Waals surface area contributed by atoms with Crippen molar-refractivity contribution in [2.45, 2.75) is 39.0 Å². The molecule has 0 fully saturated rings. The van der Waals surface area contributed by atoms with E-state index in [9.17, 15) is 4.79 Å². The minimum Gasteiger partial charge on any atom is -0.493 e. The Kier molecular flexibility index (Phi) is 3.60. The molecular formula is C14H18O2. The Labute approximate surface area is 96.6 Å². The number of unbranched alkanes of at least 4 members (excludes halogenated alkanes) is 1. The number of fused-ring (bicyclic) bond motifs is 1. The normalized spacial score (nSPS) is 13.3. The van der Waals surface area contributed by atoms with Crippen LogP contribution in [0.2, 0.25) is 0 Å². The van der Waals surface area contributed by atoms with Gasteiger partial charge in [0.2, 0.25) is 0 Å². The second kappa shape index (κ2) is 5.15. The van der Waals surface area contributed by atoms with E-state index < -0.39 is 0 Å². The highest BCUT2D eigenvalue weighted by Gasteiger charge is 2.11. The van der Waals surface area contributed by atoms with E-state index in [1.54, 1.807) is 6.92 Å². The van der Waals surface area contributed by atoms with E-state index >= 15 is 0 Å². The van der Waals surface area contributed by atoms with Crippen LogP contribution in [0.4, 0.5) is 0 Å². The molecule has 1 heterocycles. The van der Waals surface area contributed by atoms with Crippen LogP contribution in [0.5, 0.6) is 5.75 Å². The van der Waals surface area contributed by atoms with Crippen LogP contribution in [0.1, 0.15) is 37.3 Å². The summed E-state index contributed by atoms with van der Waals surface area (Å²) in [5.74, 6) is 1.34. The molecular weight excluding hydrogens is 200 g/mol. The van der Waals surface area contributed by atoms with E-state index in [1.807, 2.05) is 0 Å². The van der Waals surface area contributed by atoms with Crippen molar-refractivity contribution < 1.29 is 9.53 Å². The van der Waals surface area contributed by atoms with Gasteiger partial charge in [-0.05, 0) is 43.4 Å². The molecule has 2 heteroatoms. The first-order chi connectivity index (χ1) is 7.75. The van der Waals surface area contributed by atoms with Gasteiger partial charge >= 0.3 is 0 Å². The molecule has 0 atom stereocenters. The summed E-state index contributed by atoms with van der Waals surface area (Å²) in [6.07, 6.45) is 4.92. The Balaban J connectivity index is 1.83. The molecule has 0 unspecified atom stereocenters. The molecule has 1 aromatic carbocycles. The summed E-state index contributed by atoms with van der Waals surface area (Å²) in [7, 11) is 0. The van der Waals surface area contributed by atoms with Gasteiger partial charge in [-0.1, -0.05) is 12.1 Å². The fourth-order valence-corrected chi connectivity index (χ4v) is 2.10. The molecule has 0 bridgehead atoms. The SMILES string of the molecule is CC(=O)CCCCc1ccc2c(c1)CCO2. The lowest BCUT2D eigenvalue weighted by Crippen LogP contribution is -1.92. The van der Waals surface area contributed by atoms with Crippen LogP contribution >= 0.6 is 0 Å². The number of carbonyl (C=O) groups excluding carboxylic acids is 1. The summed E-state index contributed by atoms with van der Waals surface area (Å²) in [6, 6.07) is 6.46. The van der Waals surface area contributed by atoms with Gasteiger partial charge in [0, 0.05) is 12.8 Å². The van der Waals surface area contributed by atoms with Crippen molar-refractivity contribution in [3.8, 4) is 5.75 Å². The van der Waals surface area contributed by atoms with Crippen LogP contribution in [0.25, 0.3) is 0 Å². The Hall–Kier alpha value is -1.31. The summed E-state index contributed by atoms with van der Waals surface area (Å²) in [6.45, 7) is 2.48. The van der Waals surface area contributed by atoms with Gasteiger partial charge in [0.1, 0.15) is 11.5 Å². The highest BCUT2D eigenvalue weighted by Crippen LogP contribution is 2.26. The molecule has 86 valence electrons. The first-order valence-electron chi connectivity index (χ1n) is 6.00. The molecule has 2 rings (SSSR count). The van der Waals surface area contributed by atoms with Gasteiger partial charge in [-0.15, -0.1) is 0 Å². The van der Waals surface area contributed by atoms with Gasteiger partial charge < -0.3 is 9.53 Å². The molecule has 1 aliphatic heterocycles. The molecule has 16 heavy (non-hydrogen) atoms. The lowest BCUT2D eigenvalue weighted by atomic mass is 10.0. The minimum absolute atomic E-state index is 0.294. The first kappa shape index (κ1) is 11.2. The number of ketones is 1. The molecule has 0 aliphatic carbocycles. The van der Waals surface area contributed by atoms with E-state index in [0.717, 1.165) is 38.0 Å². The van der Waals surface area contributed by atoms with Crippen LogP contribution in [-0.2, 0) is 17.6 Å². The van der Waals surface area contributed by atoms with Crippen LogP contribution in [-0.4, -0.2) is 12.4 Å². The Morgan fingerprint density at radius 3 is 3.06 bits per heavy atom. The van der Waals surface area contributed by atoms with Crippen LogP contribution < -0.4 is 4.74 Å². The van der Waals surface area contributed by atoms with E-state index in [2.05, 4.69) is 18.2 Å². The van der Waals surface area contributed by atoms with Crippen molar-refractivity contribution in [3.63, 3.8) is 0 Å². The number of carbonyl (C=O) groups is 1. The summed E-state index contributed by atoms with van der Waals surface area (Å²) in [5.41, 5.74) is 2.71. The molecule has 0 spiro atoms. The number of hydrogen-bond acceptors (Lipinski definition) is 2. The maximum absolute atomic E-state index is 10.8. The summed E-state index contributed by atoms with van der Waals surface area (Å²) >= 11 is 0. The first-order valence-corrected chi connectivity index (χ1v) is 6.00. The maximum atomic E-state index is 10.8. The molecule has 0 radical (unpaired) electrons. The minimum atomic E-state index is 0.294. The average Bonchev–Trinajstić information content (AvgIpc) is 2.71. The molecule has 1 aromatic rings. The largest absolute Gasteiger partial charge is 0.493 e. The number of rotatable bonds is 5. The highest BCUT2D eigenvalue weighted by molar-refractivity contribution is 5.75. The standard InChI is InChI=1S/C14H18O2/c1-11(15)4-2-3-5-12-6-7-14-13(10-12)8-9-16-14/h6-7,10H,2-5,8-9H2,1H3. The molecule has 1 aliphatic rings. The number of benzene rings is 1. The van der Waals surface area contributed by atoms with E-state index in [1.165, 1.54) is 11.1 Å². The number of ether oxygens (including phenoxy) is 1. The van der Waals surface area contributed by atoms with Gasteiger partial charge in [0.15, 0.2) is 0 Å². The fraction of sp³-hybridized carbons (Fsp3) is 0.500. The molecule has 2 nitrogen and oxygen atoms in total. The zero-order chi connectivity index (χ0) is 11.4. The maximum Gasteiger partial charge on any atom is 0.129 e. The molecule has 0 saturated heterocycles. The van der Waals surface area contributed by atoms with E-state index in [4.69, 9.17) is 4.74 Å². The molecule has 0 N–H and O–H groups in total. The molecule has 0 aromatic heterocycles. The fourth-order valence-electron chi connectivity index (χ4n) is 2.10. The average molecular weight is 218 g/mol. The molecule has 0 saturated carbocycles. The van der Waals surface area contributed by atoms with E-state index in [-0.39, 0.29) is 0 Å². The Morgan fingerprint density at radius 1 is 1.38 bits per heavy atom. The number of hydrogen-bond donors (Lipinski definition) is 0. The van der Waals surface area contributed by atoms with Crippen LogP contribution in [0.15, 0.2) is 18.2 Å². The Bertz CT molecular complexity index is 382.